The number of hydrogen-bond donors (Lipinski definition) is 0. The number of hydrogen-bond acceptors (Lipinski definition) is 3. The summed E-state index contributed by atoms with van der Waals surface area (Å²) < 4.78 is 26.1. The molecule has 4 nitrogen and oxygen atoms in total. The molecule has 0 aliphatic heterocycles. The first kappa shape index (κ1) is 15.4. The van der Waals surface area contributed by atoms with E-state index in [1.807, 2.05) is 6.92 Å². The highest BCUT2D eigenvalue weighted by molar-refractivity contribution is 7.89. The quantitative estimate of drug-likeness (QED) is 0.784. The summed E-state index contributed by atoms with van der Waals surface area (Å²) in [5.74, 6) is 0.443. The lowest BCUT2D eigenvalue weighted by Crippen LogP contribution is -2.35. The molecule has 0 amide bonds. The molecule has 0 aromatic carbocycles. The van der Waals surface area contributed by atoms with Crippen molar-refractivity contribution in [2.75, 3.05) is 7.05 Å². The lowest BCUT2D eigenvalue weighted by Gasteiger charge is -2.25. The normalized spacial score (nSPS) is 14.2. The van der Waals surface area contributed by atoms with E-state index in [1.165, 1.54) is 22.6 Å². The van der Waals surface area contributed by atoms with Crippen LogP contribution in [0.3, 0.4) is 0 Å². The Hall–Kier alpha value is -0.650. The molecule has 0 saturated heterocycles. The monoisotopic (exact) mass is 290 g/mol. The molecule has 0 radical (unpaired) electrons. The van der Waals surface area contributed by atoms with Crippen molar-refractivity contribution in [2.45, 2.75) is 38.1 Å². The predicted molar refractivity (Wildman–Crippen MR) is 73.1 cm³/mol. The maximum absolute atomic E-state index is 12.3. The van der Waals surface area contributed by atoms with E-state index in [0.29, 0.717) is 5.92 Å². The molecule has 0 saturated carbocycles. The van der Waals surface area contributed by atoms with Gasteiger partial charge in [-0.05, 0) is 31.4 Å². The van der Waals surface area contributed by atoms with Crippen LogP contribution in [-0.4, -0.2) is 30.8 Å². The maximum atomic E-state index is 12.3. The first-order valence-electron chi connectivity index (χ1n) is 5.84. The van der Waals surface area contributed by atoms with Crippen molar-refractivity contribution >= 4 is 21.6 Å². The second kappa shape index (κ2) is 5.99. The lowest BCUT2D eigenvalue weighted by atomic mass is 10.1. The molecular weight excluding hydrogens is 272 g/mol. The van der Waals surface area contributed by atoms with Crippen molar-refractivity contribution in [2.24, 2.45) is 5.92 Å². The first-order chi connectivity index (χ1) is 8.25. The Morgan fingerprint density at radius 1 is 1.39 bits per heavy atom. The zero-order valence-electron chi connectivity index (χ0n) is 11.1. The average Bonchev–Trinajstić information content (AvgIpc) is 2.27. The SMILES string of the molecule is CC(C)CC(C)N(C)S(=O)(=O)c1ccnc(Cl)c1. The van der Waals surface area contributed by atoms with Crippen LogP contribution in [-0.2, 0) is 10.0 Å². The van der Waals surface area contributed by atoms with Crippen molar-refractivity contribution in [3.63, 3.8) is 0 Å². The van der Waals surface area contributed by atoms with Crippen LogP contribution in [0.5, 0.6) is 0 Å². The molecule has 0 aliphatic rings. The molecule has 0 aliphatic carbocycles. The summed E-state index contributed by atoms with van der Waals surface area (Å²) in [7, 11) is -1.90. The van der Waals surface area contributed by atoms with Gasteiger partial charge in [0.15, 0.2) is 0 Å². The summed E-state index contributed by atoms with van der Waals surface area (Å²) in [5.41, 5.74) is 0. The smallest absolute Gasteiger partial charge is 0.243 e. The van der Waals surface area contributed by atoms with Crippen molar-refractivity contribution in [1.29, 1.82) is 0 Å². The van der Waals surface area contributed by atoms with Crippen LogP contribution < -0.4 is 0 Å². The van der Waals surface area contributed by atoms with Crippen molar-refractivity contribution in [3.05, 3.63) is 23.5 Å². The zero-order valence-corrected chi connectivity index (χ0v) is 12.7. The summed E-state index contributed by atoms with van der Waals surface area (Å²) in [6.07, 6.45) is 2.21. The fourth-order valence-electron chi connectivity index (χ4n) is 1.78. The highest BCUT2D eigenvalue weighted by Crippen LogP contribution is 2.21. The van der Waals surface area contributed by atoms with Crippen LogP contribution in [0.2, 0.25) is 5.15 Å². The van der Waals surface area contributed by atoms with Gasteiger partial charge in [0, 0.05) is 19.3 Å². The van der Waals surface area contributed by atoms with Gasteiger partial charge in [-0.2, -0.15) is 4.31 Å². The van der Waals surface area contributed by atoms with Gasteiger partial charge in [0.2, 0.25) is 10.0 Å². The Kier molecular flexibility index (Phi) is 5.13. The molecule has 18 heavy (non-hydrogen) atoms. The van der Waals surface area contributed by atoms with Crippen LogP contribution in [0.4, 0.5) is 0 Å². The molecule has 1 heterocycles. The van der Waals surface area contributed by atoms with Gasteiger partial charge in [-0.3, -0.25) is 0 Å². The molecule has 1 aromatic rings. The summed E-state index contributed by atoms with van der Waals surface area (Å²) in [6.45, 7) is 6.04. The number of rotatable bonds is 5. The molecule has 102 valence electrons. The summed E-state index contributed by atoms with van der Waals surface area (Å²) in [5, 5.41) is 0.181. The molecule has 0 spiro atoms. The fourth-order valence-corrected chi connectivity index (χ4v) is 3.40. The van der Waals surface area contributed by atoms with Gasteiger partial charge in [0.1, 0.15) is 5.15 Å². The molecule has 1 aromatic heterocycles. The van der Waals surface area contributed by atoms with E-state index in [-0.39, 0.29) is 16.1 Å². The summed E-state index contributed by atoms with van der Waals surface area (Å²) >= 11 is 5.73. The van der Waals surface area contributed by atoms with Crippen LogP contribution in [0.1, 0.15) is 27.2 Å². The molecule has 1 unspecified atom stereocenters. The van der Waals surface area contributed by atoms with Crippen LogP contribution >= 0.6 is 11.6 Å². The average molecular weight is 291 g/mol. The Bertz CT molecular complexity index is 503. The van der Waals surface area contributed by atoms with Crippen molar-refractivity contribution in [3.8, 4) is 0 Å². The van der Waals surface area contributed by atoms with Crippen molar-refractivity contribution < 1.29 is 8.42 Å². The number of sulfonamides is 1. The zero-order chi connectivity index (χ0) is 13.9. The summed E-state index contributed by atoms with van der Waals surface area (Å²) in [6, 6.07) is 2.77. The highest BCUT2D eigenvalue weighted by atomic mass is 35.5. The van der Waals surface area contributed by atoms with E-state index in [0.717, 1.165) is 6.42 Å². The topological polar surface area (TPSA) is 50.3 Å². The molecular formula is C12H19ClN2O2S. The highest BCUT2D eigenvalue weighted by Gasteiger charge is 2.25. The Morgan fingerprint density at radius 2 is 2.00 bits per heavy atom. The van der Waals surface area contributed by atoms with Gasteiger partial charge in [0.25, 0.3) is 0 Å². The minimum Gasteiger partial charge on any atom is -0.244 e. The van der Waals surface area contributed by atoms with E-state index in [9.17, 15) is 8.42 Å². The van der Waals surface area contributed by atoms with Crippen LogP contribution in [0, 0.1) is 5.92 Å². The Morgan fingerprint density at radius 3 is 2.50 bits per heavy atom. The molecule has 0 bridgehead atoms. The minimum absolute atomic E-state index is 0.0538. The third-order valence-corrected chi connectivity index (χ3v) is 4.98. The molecule has 1 atom stereocenters. The fraction of sp³-hybridized carbons (Fsp3) is 0.583. The largest absolute Gasteiger partial charge is 0.244 e. The molecule has 1 rings (SSSR count). The molecule has 0 fully saturated rings. The van der Waals surface area contributed by atoms with Gasteiger partial charge < -0.3 is 0 Å². The van der Waals surface area contributed by atoms with Crippen molar-refractivity contribution in [1.82, 2.24) is 9.29 Å². The third-order valence-electron chi connectivity index (χ3n) is 2.81. The van der Waals surface area contributed by atoms with E-state index in [4.69, 9.17) is 11.6 Å². The maximum Gasteiger partial charge on any atom is 0.243 e. The Balaban J connectivity index is 3.00. The minimum atomic E-state index is -3.50. The van der Waals surface area contributed by atoms with Crippen LogP contribution in [0.15, 0.2) is 23.2 Å². The molecule has 6 heteroatoms. The van der Waals surface area contributed by atoms with E-state index in [2.05, 4.69) is 18.8 Å². The first-order valence-corrected chi connectivity index (χ1v) is 7.66. The second-order valence-corrected chi connectivity index (χ2v) is 7.20. The van der Waals surface area contributed by atoms with E-state index in [1.54, 1.807) is 7.05 Å². The number of pyridine rings is 1. The Labute approximate surface area is 114 Å². The number of aromatic nitrogens is 1. The van der Waals surface area contributed by atoms with Gasteiger partial charge >= 0.3 is 0 Å². The lowest BCUT2D eigenvalue weighted by molar-refractivity contribution is 0.338. The second-order valence-electron chi connectivity index (χ2n) is 4.81. The van der Waals surface area contributed by atoms with E-state index >= 15 is 0 Å². The standard InChI is InChI=1S/C12H19ClN2O2S/c1-9(2)7-10(3)15(4)18(16,17)11-5-6-14-12(13)8-11/h5-6,8-10H,7H2,1-4H3. The predicted octanol–water partition coefficient (Wildman–Crippen LogP) is 2.79. The van der Waals surface area contributed by atoms with Gasteiger partial charge in [0.05, 0.1) is 4.90 Å². The number of nitrogens with zero attached hydrogens (tertiary/aromatic N) is 2. The van der Waals surface area contributed by atoms with Gasteiger partial charge in [-0.1, -0.05) is 25.4 Å². The molecule has 0 N–H and O–H groups in total. The van der Waals surface area contributed by atoms with Gasteiger partial charge in [-0.25, -0.2) is 13.4 Å². The van der Waals surface area contributed by atoms with Crippen LogP contribution in [0.25, 0.3) is 0 Å². The van der Waals surface area contributed by atoms with Gasteiger partial charge in [-0.15, -0.1) is 0 Å². The summed E-state index contributed by atoms with van der Waals surface area (Å²) in [4.78, 5) is 3.97. The van der Waals surface area contributed by atoms with E-state index < -0.39 is 10.0 Å². The third kappa shape index (κ3) is 3.67. The number of halogens is 1.